The van der Waals surface area contributed by atoms with Gasteiger partial charge in [-0.25, -0.2) is 0 Å². The molecule has 20 heavy (non-hydrogen) atoms. The third-order valence-corrected chi connectivity index (χ3v) is 3.73. The van der Waals surface area contributed by atoms with E-state index in [4.69, 9.17) is 29.6 Å². The summed E-state index contributed by atoms with van der Waals surface area (Å²) in [5.74, 6) is 0.815. The van der Waals surface area contributed by atoms with Crippen molar-refractivity contribution in [2.45, 2.75) is 46.0 Å². The predicted molar refractivity (Wildman–Crippen MR) is 93.8 cm³/mol. The van der Waals surface area contributed by atoms with Crippen LogP contribution in [0.25, 0.3) is 0 Å². The van der Waals surface area contributed by atoms with Gasteiger partial charge in [0.25, 0.3) is 0 Å². The van der Waals surface area contributed by atoms with E-state index in [2.05, 4.69) is 19.2 Å². The Balaban J connectivity index is 2.30. The van der Waals surface area contributed by atoms with Crippen LogP contribution in [0.5, 0.6) is 0 Å². The van der Waals surface area contributed by atoms with E-state index in [0.29, 0.717) is 10.0 Å². The van der Waals surface area contributed by atoms with Crippen LogP contribution < -0.4 is 11.1 Å². The van der Waals surface area contributed by atoms with Gasteiger partial charge in [0, 0.05) is 22.8 Å². The van der Waals surface area contributed by atoms with Gasteiger partial charge in [0.05, 0.1) is 0 Å². The van der Waals surface area contributed by atoms with Crippen molar-refractivity contribution in [1.29, 1.82) is 0 Å². The molecular formula is C16H25ClN2S. The summed E-state index contributed by atoms with van der Waals surface area (Å²) in [5, 5.41) is 4.05. The molecule has 1 aromatic rings. The molecule has 0 heterocycles. The molecule has 0 aliphatic rings. The molecule has 0 unspecified atom stereocenters. The number of nitrogens with two attached hydrogens (primary N) is 1. The van der Waals surface area contributed by atoms with Gasteiger partial charge in [-0.2, -0.15) is 0 Å². The molecule has 112 valence electrons. The molecule has 0 fully saturated rings. The Hall–Kier alpha value is -0.800. The van der Waals surface area contributed by atoms with Gasteiger partial charge in [-0.05, 0) is 30.5 Å². The fourth-order valence-corrected chi connectivity index (χ4v) is 2.47. The van der Waals surface area contributed by atoms with E-state index in [1.54, 1.807) is 0 Å². The number of thiocarbonyl (C=S) groups is 1. The lowest BCUT2D eigenvalue weighted by Gasteiger charge is -2.11. The Labute approximate surface area is 133 Å². The van der Waals surface area contributed by atoms with Gasteiger partial charge in [-0.1, -0.05) is 63.3 Å². The molecule has 0 saturated heterocycles. The molecule has 0 aromatic heterocycles. The van der Waals surface area contributed by atoms with Crippen LogP contribution in [0, 0.1) is 5.92 Å². The third kappa shape index (κ3) is 6.58. The molecule has 3 N–H and O–H groups in total. The van der Waals surface area contributed by atoms with Gasteiger partial charge in [-0.3, -0.25) is 0 Å². The van der Waals surface area contributed by atoms with E-state index in [1.165, 1.54) is 25.7 Å². The molecule has 0 aliphatic heterocycles. The van der Waals surface area contributed by atoms with Gasteiger partial charge >= 0.3 is 0 Å². The summed E-state index contributed by atoms with van der Waals surface area (Å²) in [5.41, 5.74) is 7.52. The van der Waals surface area contributed by atoms with Crippen molar-refractivity contribution in [3.63, 3.8) is 0 Å². The molecule has 1 aromatic carbocycles. The lowest BCUT2D eigenvalue weighted by molar-refractivity contribution is 0.523. The molecule has 4 heteroatoms. The number of unbranched alkanes of at least 4 members (excludes halogenated alkanes) is 3. The highest BCUT2D eigenvalue weighted by Gasteiger charge is 2.05. The van der Waals surface area contributed by atoms with Crippen LogP contribution in [0.3, 0.4) is 0 Å². The first-order valence-corrected chi connectivity index (χ1v) is 8.12. The maximum absolute atomic E-state index is 5.96. The topological polar surface area (TPSA) is 38.0 Å². The standard InChI is InChI=1S/C16H25ClN2S/c1-12(2)7-5-3-4-6-10-19-15-9-8-13(17)11-14(15)16(18)20/h8-9,11-12,19H,3-7,10H2,1-2H3,(H2,18,20). The maximum atomic E-state index is 5.96. The van der Waals surface area contributed by atoms with E-state index in [9.17, 15) is 0 Å². The normalized spacial score (nSPS) is 10.8. The highest BCUT2D eigenvalue weighted by molar-refractivity contribution is 7.80. The molecule has 0 saturated carbocycles. The summed E-state index contributed by atoms with van der Waals surface area (Å²) in [6.45, 7) is 5.50. The zero-order valence-corrected chi connectivity index (χ0v) is 14.0. The molecule has 0 aliphatic carbocycles. The van der Waals surface area contributed by atoms with E-state index >= 15 is 0 Å². The van der Waals surface area contributed by atoms with Crippen LogP contribution in [-0.4, -0.2) is 11.5 Å². The summed E-state index contributed by atoms with van der Waals surface area (Å²) in [6.07, 6.45) is 6.39. The molecule has 0 atom stereocenters. The second kappa shape index (κ2) is 9.19. The summed E-state index contributed by atoms with van der Waals surface area (Å²) >= 11 is 11.0. The highest BCUT2D eigenvalue weighted by Crippen LogP contribution is 2.21. The molecule has 0 amide bonds. The van der Waals surface area contributed by atoms with Crippen molar-refractivity contribution in [3.05, 3.63) is 28.8 Å². The van der Waals surface area contributed by atoms with E-state index in [-0.39, 0.29) is 0 Å². The van der Waals surface area contributed by atoms with E-state index in [1.807, 2.05) is 18.2 Å². The van der Waals surface area contributed by atoms with Gasteiger partial charge in [-0.15, -0.1) is 0 Å². The number of benzene rings is 1. The molecule has 0 spiro atoms. The monoisotopic (exact) mass is 312 g/mol. The number of anilines is 1. The highest BCUT2D eigenvalue weighted by atomic mass is 35.5. The summed E-state index contributed by atoms with van der Waals surface area (Å²) in [4.78, 5) is 0.381. The van der Waals surface area contributed by atoms with Crippen LogP contribution in [0.4, 0.5) is 5.69 Å². The summed E-state index contributed by atoms with van der Waals surface area (Å²) in [6, 6.07) is 5.61. The van der Waals surface area contributed by atoms with Crippen molar-refractivity contribution in [2.24, 2.45) is 11.7 Å². The van der Waals surface area contributed by atoms with Crippen molar-refractivity contribution in [3.8, 4) is 0 Å². The lowest BCUT2D eigenvalue weighted by Crippen LogP contribution is -2.13. The van der Waals surface area contributed by atoms with E-state index < -0.39 is 0 Å². The van der Waals surface area contributed by atoms with Crippen LogP contribution in [0.1, 0.15) is 51.5 Å². The van der Waals surface area contributed by atoms with Crippen LogP contribution in [-0.2, 0) is 0 Å². The fourth-order valence-electron chi connectivity index (χ4n) is 2.13. The van der Waals surface area contributed by atoms with Gasteiger partial charge in [0.1, 0.15) is 4.99 Å². The van der Waals surface area contributed by atoms with Gasteiger partial charge in [0.15, 0.2) is 0 Å². The van der Waals surface area contributed by atoms with Crippen LogP contribution in [0.2, 0.25) is 5.02 Å². The SMILES string of the molecule is CC(C)CCCCCCNc1ccc(Cl)cc1C(N)=S. The van der Waals surface area contributed by atoms with E-state index in [0.717, 1.165) is 30.1 Å². The number of halogens is 1. The minimum absolute atomic E-state index is 0.381. The summed E-state index contributed by atoms with van der Waals surface area (Å²) in [7, 11) is 0. The average molecular weight is 313 g/mol. The largest absolute Gasteiger partial charge is 0.389 e. The van der Waals surface area contributed by atoms with Crippen molar-refractivity contribution in [1.82, 2.24) is 0 Å². The third-order valence-electron chi connectivity index (χ3n) is 3.27. The molecule has 0 radical (unpaired) electrons. The number of rotatable bonds is 9. The Morgan fingerprint density at radius 1 is 1.25 bits per heavy atom. The quantitative estimate of drug-likeness (QED) is 0.498. The lowest BCUT2D eigenvalue weighted by atomic mass is 10.0. The van der Waals surface area contributed by atoms with Crippen molar-refractivity contribution in [2.75, 3.05) is 11.9 Å². The van der Waals surface area contributed by atoms with Crippen molar-refractivity contribution < 1.29 is 0 Å². The number of hydrogen-bond acceptors (Lipinski definition) is 2. The molecule has 2 nitrogen and oxygen atoms in total. The van der Waals surface area contributed by atoms with Gasteiger partial charge in [0.2, 0.25) is 0 Å². The van der Waals surface area contributed by atoms with Crippen LogP contribution in [0.15, 0.2) is 18.2 Å². The Bertz CT molecular complexity index is 432. The molecule has 1 rings (SSSR count). The first-order chi connectivity index (χ1) is 9.50. The van der Waals surface area contributed by atoms with Crippen molar-refractivity contribution >= 4 is 34.5 Å². The number of hydrogen-bond donors (Lipinski definition) is 2. The molecule has 0 bridgehead atoms. The second-order valence-corrected chi connectivity index (χ2v) is 6.45. The minimum Gasteiger partial charge on any atom is -0.389 e. The predicted octanol–water partition coefficient (Wildman–Crippen LogP) is 4.99. The second-order valence-electron chi connectivity index (χ2n) is 5.58. The average Bonchev–Trinajstić information content (AvgIpc) is 2.38. The zero-order chi connectivity index (χ0) is 15.0. The van der Waals surface area contributed by atoms with Crippen LogP contribution >= 0.6 is 23.8 Å². The number of nitrogens with one attached hydrogen (secondary N) is 1. The van der Waals surface area contributed by atoms with Gasteiger partial charge < -0.3 is 11.1 Å². The first kappa shape index (κ1) is 17.3. The zero-order valence-electron chi connectivity index (χ0n) is 12.4. The minimum atomic E-state index is 0.381. The Morgan fingerprint density at radius 3 is 2.60 bits per heavy atom. The first-order valence-electron chi connectivity index (χ1n) is 7.34. The fraction of sp³-hybridized carbons (Fsp3) is 0.562. The smallest absolute Gasteiger partial charge is 0.106 e. The summed E-state index contributed by atoms with van der Waals surface area (Å²) < 4.78 is 0. The Kier molecular flexibility index (Phi) is 7.93. The maximum Gasteiger partial charge on any atom is 0.106 e. The Morgan fingerprint density at radius 2 is 1.95 bits per heavy atom. The molecular weight excluding hydrogens is 288 g/mol.